The fraction of sp³-hybridized carbons (Fsp3) is 0. The predicted molar refractivity (Wildman–Crippen MR) is 62.0 cm³/mol. The van der Waals surface area contributed by atoms with Crippen molar-refractivity contribution in [2.24, 2.45) is 0 Å². The van der Waals surface area contributed by atoms with E-state index in [1.807, 2.05) is 4.98 Å². The second-order valence-corrected chi connectivity index (χ2v) is 3.45. The number of hydrogen-bond acceptors (Lipinski definition) is 3. The molecule has 7 heteroatoms. The highest BCUT2D eigenvalue weighted by Crippen LogP contribution is 2.09. The number of anilines is 1. The first-order valence-corrected chi connectivity index (χ1v) is 4.95. The van der Waals surface area contributed by atoms with Gasteiger partial charge in [-0.2, -0.15) is 0 Å². The van der Waals surface area contributed by atoms with Gasteiger partial charge in [0.25, 0.3) is 11.5 Å². The smallest absolute Gasteiger partial charge is 0.322 e. The molecule has 0 atom stereocenters. The third-order valence-electron chi connectivity index (χ3n) is 2.15. The summed E-state index contributed by atoms with van der Waals surface area (Å²) in [6.07, 6.45) is 0.996. The van der Waals surface area contributed by atoms with Crippen LogP contribution >= 0.6 is 0 Å². The second kappa shape index (κ2) is 4.66. The van der Waals surface area contributed by atoms with E-state index in [9.17, 15) is 18.8 Å². The van der Waals surface area contributed by atoms with Gasteiger partial charge in [-0.05, 0) is 18.2 Å². The van der Waals surface area contributed by atoms with Crippen LogP contribution < -0.4 is 16.6 Å². The van der Waals surface area contributed by atoms with Gasteiger partial charge >= 0.3 is 5.69 Å². The molecular formula is C11H8FN3O3. The molecule has 0 bridgehead atoms. The number of hydrogen-bond donors (Lipinski definition) is 3. The van der Waals surface area contributed by atoms with Crippen molar-refractivity contribution >= 4 is 11.6 Å². The summed E-state index contributed by atoms with van der Waals surface area (Å²) >= 11 is 0. The van der Waals surface area contributed by atoms with Gasteiger partial charge in [-0.25, -0.2) is 9.18 Å². The minimum Gasteiger partial charge on any atom is -0.322 e. The molecule has 2 aromatic rings. The van der Waals surface area contributed by atoms with Crippen LogP contribution in [-0.4, -0.2) is 15.9 Å². The highest BCUT2D eigenvalue weighted by molar-refractivity contribution is 6.03. The summed E-state index contributed by atoms with van der Waals surface area (Å²) in [7, 11) is 0. The van der Waals surface area contributed by atoms with Crippen molar-refractivity contribution in [3.63, 3.8) is 0 Å². The quantitative estimate of drug-likeness (QED) is 0.721. The van der Waals surface area contributed by atoms with Crippen LogP contribution in [0.15, 0.2) is 40.1 Å². The summed E-state index contributed by atoms with van der Waals surface area (Å²) in [5, 5.41) is 2.34. The van der Waals surface area contributed by atoms with Crippen LogP contribution in [0.1, 0.15) is 10.4 Å². The lowest BCUT2D eigenvalue weighted by atomic mass is 10.2. The van der Waals surface area contributed by atoms with Crippen LogP contribution in [0.4, 0.5) is 10.1 Å². The van der Waals surface area contributed by atoms with E-state index >= 15 is 0 Å². The Labute approximate surface area is 99.5 Å². The average Bonchev–Trinajstić information content (AvgIpc) is 2.28. The van der Waals surface area contributed by atoms with E-state index in [-0.39, 0.29) is 11.3 Å². The third kappa shape index (κ3) is 2.51. The van der Waals surface area contributed by atoms with Gasteiger partial charge in [0.1, 0.15) is 11.4 Å². The van der Waals surface area contributed by atoms with E-state index < -0.39 is 23.0 Å². The van der Waals surface area contributed by atoms with Crippen LogP contribution in [0, 0.1) is 5.82 Å². The van der Waals surface area contributed by atoms with E-state index in [0.29, 0.717) is 0 Å². The highest BCUT2D eigenvalue weighted by Gasteiger charge is 2.11. The summed E-state index contributed by atoms with van der Waals surface area (Å²) in [5.41, 5.74) is -1.57. The fourth-order valence-corrected chi connectivity index (χ4v) is 1.34. The first-order chi connectivity index (χ1) is 8.56. The molecule has 18 heavy (non-hydrogen) atoms. The number of H-pyrrole nitrogens is 2. The molecular weight excluding hydrogens is 241 g/mol. The van der Waals surface area contributed by atoms with Crippen LogP contribution in [0.2, 0.25) is 0 Å². The van der Waals surface area contributed by atoms with Gasteiger partial charge in [0.05, 0.1) is 0 Å². The van der Waals surface area contributed by atoms with Crippen LogP contribution in [-0.2, 0) is 0 Å². The average molecular weight is 249 g/mol. The summed E-state index contributed by atoms with van der Waals surface area (Å²) in [6, 6.07) is 5.23. The zero-order valence-electron chi connectivity index (χ0n) is 8.99. The van der Waals surface area contributed by atoms with E-state index in [0.717, 1.165) is 12.3 Å². The summed E-state index contributed by atoms with van der Waals surface area (Å²) in [6.45, 7) is 0. The van der Waals surface area contributed by atoms with Gasteiger partial charge in [0.15, 0.2) is 0 Å². The molecule has 6 nitrogen and oxygen atoms in total. The normalized spacial score (nSPS) is 10.1. The molecule has 1 heterocycles. The number of nitrogens with one attached hydrogen (secondary N) is 3. The second-order valence-electron chi connectivity index (χ2n) is 3.45. The first kappa shape index (κ1) is 11.8. The molecule has 1 amide bonds. The largest absolute Gasteiger partial charge is 0.325 e. The number of benzene rings is 1. The van der Waals surface area contributed by atoms with E-state index in [2.05, 4.69) is 10.3 Å². The number of halogens is 1. The first-order valence-electron chi connectivity index (χ1n) is 4.95. The monoisotopic (exact) mass is 249 g/mol. The molecule has 0 unspecified atom stereocenters. The van der Waals surface area contributed by atoms with Gasteiger partial charge < -0.3 is 10.3 Å². The van der Waals surface area contributed by atoms with Crippen molar-refractivity contribution in [3.8, 4) is 0 Å². The highest BCUT2D eigenvalue weighted by atomic mass is 19.1. The SMILES string of the molecule is O=C(Nc1cccc(F)c1)c1c[nH]c(=O)[nH]c1=O. The minimum atomic E-state index is -0.812. The number of amides is 1. The van der Waals surface area contributed by atoms with Crippen molar-refractivity contribution < 1.29 is 9.18 Å². The molecule has 0 fully saturated rings. The number of carbonyl (C=O) groups is 1. The molecule has 3 N–H and O–H groups in total. The molecule has 1 aromatic heterocycles. The van der Waals surface area contributed by atoms with Crippen molar-refractivity contribution in [1.82, 2.24) is 9.97 Å². The Morgan fingerprint density at radius 1 is 1.28 bits per heavy atom. The lowest BCUT2D eigenvalue weighted by Crippen LogP contribution is -2.29. The molecule has 2 rings (SSSR count). The number of carbonyl (C=O) groups excluding carboxylic acids is 1. The van der Waals surface area contributed by atoms with Gasteiger partial charge in [0, 0.05) is 11.9 Å². The molecule has 0 saturated carbocycles. The Morgan fingerprint density at radius 2 is 2.06 bits per heavy atom. The van der Waals surface area contributed by atoms with Crippen molar-refractivity contribution in [1.29, 1.82) is 0 Å². The van der Waals surface area contributed by atoms with E-state index in [1.165, 1.54) is 18.2 Å². The molecule has 0 aliphatic heterocycles. The molecule has 92 valence electrons. The molecule has 0 aliphatic rings. The standard InChI is InChI=1S/C11H8FN3O3/c12-6-2-1-3-7(4-6)14-9(16)8-5-13-11(18)15-10(8)17/h1-5H,(H,14,16)(H2,13,15,17,18). The maximum Gasteiger partial charge on any atom is 0.325 e. The third-order valence-corrected chi connectivity index (χ3v) is 2.15. The van der Waals surface area contributed by atoms with Gasteiger partial charge in [-0.15, -0.1) is 0 Å². The number of rotatable bonds is 2. The van der Waals surface area contributed by atoms with Crippen LogP contribution in [0.3, 0.4) is 0 Å². The van der Waals surface area contributed by atoms with Gasteiger partial charge in [0.2, 0.25) is 0 Å². The van der Waals surface area contributed by atoms with Crippen molar-refractivity contribution in [2.75, 3.05) is 5.32 Å². The maximum absolute atomic E-state index is 12.9. The van der Waals surface area contributed by atoms with Gasteiger partial charge in [-0.3, -0.25) is 14.6 Å². The lowest BCUT2D eigenvalue weighted by Gasteiger charge is -2.03. The molecule has 1 aromatic carbocycles. The summed E-state index contributed by atoms with van der Waals surface area (Å²) in [4.78, 5) is 37.9. The van der Waals surface area contributed by atoms with E-state index in [1.54, 1.807) is 0 Å². The Hall–Kier alpha value is -2.70. The van der Waals surface area contributed by atoms with Crippen molar-refractivity contribution in [3.05, 3.63) is 62.7 Å². The zero-order valence-corrected chi connectivity index (χ0v) is 8.99. The lowest BCUT2D eigenvalue weighted by molar-refractivity contribution is 0.102. The van der Waals surface area contributed by atoms with Crippen LogP contribution in [0.25, 0.3) is 0 Å². The molecule has 0 aliphatic carbocycles. The molecule has 0 spiro atoms. The minimum absolute atomic E-state index is 0.214. The fourth-order valence-electron chi connectivity index (χ4n) is 1.34. The predicted octanol–water partition coefficient (Wildman–Crippen LogP) is 0.455. The zero-order chi connectivity index (χ0) is 13.1. The number of aromatic nitrogens is 2. The summed E-state index contributed by atoms with van der Waals surface area (Å²) < 4.78 is 12.9. The Balaban J connectivity index is 2.27. The molecule has 0 saturated heterocycles. The Kier molecular flexibility index (Phi) is 3.05. The summed E-state index contributed by atoms with van der Waals surface area (Å²) in [5.74, 6) is -1.25. The Morgan fingerprint density at radius 3 is 2.72 bits per heavy atom. The molecule has 0 radical (unpaired) electrons. The topological polar surface area (TPSA) is 94.8 Å². The Bertz CT molecular complexity index is 705. The van der Waals surface area contributed by atoms with Crippen molar-refractivity contribution in [2.45, 2.75) is 0 Å². The van der Waals surface area contributed by atoms with Gasteiger partial charge in [-0.1, -0.05) is 6.07 Å². The van der Waals surface area contributed by atoms with Crippen LogP contribution in [0.5, 0.6) is 0 Å². The number of aromatic amines is 2. The van der Waals surface area contributed by atoms with E-state index in [4.69, 9.17) is 0 Å². The maximum atomic E-state index is 12.9.